The number of ether oxygens (including phenoxy) is 1. The molecule has 8 nitrogen and oxygen atoms in total. The highest BCUT2D eigenvalue weighted by molar-refractivity contribution is 5.86. The van der Waals surface area contributed by atoms with Crippen LogP contribution in [0.15, 0.2) is 18.5 Å². The molecule has 28 heavy (non-hydrogen) atoms. The van der Waals surface area contributed by atoms with Crippen molar-refractivity contribution in [3.05, 3.63) is 18.5 Å². The highest BCUT2D eigenvalue weighted by Gasteiger charge is 2.47. The van der Waals surface area contributed by atoms with E-state index in [0.717, 1.165) is 25.3 Å². The molecule has 2 amide bonds. The van der Waals surface area contributed by atoms with Gasteiger partial charge in [0.1, 0.15) is 11.6 Å². The van der Waals surface area contributed by atoms with Crippen molar-refractivity contribution in [1.29, 1.82) is 0 Å². The van der Waals surface area contributed by atoms with Crippen molar-refractivity contribution >= 4 is 17.9 Å². The van der Waals surface area contributed by atoms with Gasteiger partial charge in [0.15, 0.2) is 0 Å². The number of alkyl carbamates (subject to hydrolysis) is 1. The Morgan fingerprint density at radius 1 is 1.14 bits per heavy atom. The SMILES string of the molecule is CC(C)[C@H](NC(=O)OC(C)(C)C)C(=O)N1CC[C@@H]2[C@H]1CCN2c1ncccn1. The summed E-state index contributed by atoms with van der Waals surface area (Å²) in [5, 5.41) is 2.78. The Morgan fingerprint density at radius 3 is 2.39 bits per heavy atom. The van der Waals surface area contributed by atoms with Gasteiger partial charge in [-0.1, -0.05) is 13.8 Å². The second-order valence-corrected chi connectivity index (χ2v) is 8.85. The first-order valence-corrected chi connectivity index (χ1v) is 10.0. The fourth-order valence-electron chi connectivity index (χ4n) is 4.07. The first kappa shape index (κ1) is 20.4. The Balaban J connectivity index is 1.69. The molecule has 0 unspecified atom stereocenters. The van der Waals surface area contributed by atoms with E-state index in [9.17, 15) is 9.59 Å². The summed E-state index contributed by atoms with van der Waals surface area (Å²) in [5.41, 5.74) is -0.602. The van der Waals surface area contributed by atoms with E-state index in [1.165, 1.54) is 0 Å². The summed E-state index contributed by atoms with van der Waals surface area (Å²) in [5.74, 6) is 0.648. The molecule has 3 atom stereocenters. The molecule has 2 saturated heterocycles. The van der Waals surface area contributed by atoms with Crippen LogP contribution >= 0.6 is 0 Å². The molecule has 3 heterocycles. The average molecular weight is 390 g/mol. The van der Waals surface area contributed by atoms with Gasteiger partial charge < -0.3 is 19.9 Å². The maximum absolute atomic E-state index is 13.3. The van der Waals surface area contributed by atoms with Crippen molar-refractivity contribution in [3.8, 4) is 0 Å². The van der Waals surface area contributed by atoms with Crippen LogP contribution in [0, 0.1) is 5.92 Å². The molecule has 0 aliphatic carbocycles. The van der Waals surface area contributed by atoms with Crippen LogP contribution < -0.4 is 10.2 Å². The van der Waals surface area contributed by atoms with E-state index in [1.807, 2.05) is 39.5 Å². The van der Waals surface area contributed by atoms with Crippen molar-refractivity contribution in [3.63, 3.8) is 0 Å². The van der Waals surface area contributed by atoms with Crippen molar-refractivity contribution in [2.24, 2.45) is 5.92 Å². The van der Waals surface area contributed by atoms with E-state index in [2.05, 4.69) is 20.2 Å². The van der Waals surface area contributed by atoms with Gasteiger partial charge in [-0.05, 0) is 45.6 Å². The predicted molar refractivity (Wildman–Crippen MR) is 106 cm³/mol. The van der Waals surface area contributed by atoms with Crippen LogP contribution in [0.2, 0.25) is 0 Å². The van der Waals surface area contributed by atoms with Crippen LogP contribution in [0.1, 0.15) is 47.5 Å². The first-order chi connectivity index (χ1) is 13.2. The zero-order valence-electron chi connectivity index (χ0n) is 17.4. The number of nitrogens with one attached hydrogen (secondary N) is 1. The molecule has 3 rings (SSSR count). The molecule has 2 aliphatic heterocycles. The fraction of sp³-hybridized carbons (Fsp3) is 0.700. The number of nitrogens with zero attached hydrogens (tertiary/aromatic N) is 4. The normalized spacial score (nSPS) is 22.9. The van der Waals surface area contributed by atoms with E-state index in [0.29, 0.717) is 6.54 Å². The number of aromatic nitrogens is 2. The van der Waals surface area contributed by atoms with Gasteiger partial charge >= 0.3 is 6.09 Å². The highest BCUT2D eigenvalue weighted by Crippen LogP contribution is 2.34. The topological polar surface area (TPSA) is 87.7 Å². The van der Waals surface area contributed by atoms with Crippen molar-refractivity contribution < 1.29 is 14.3 Å². The number of carbonyl (C=O) groups excluding carboxylic acids is 2. The maximum Gasteiger partial charge on any atom is 0.408 e. The fourth-order valence-corrected chi connectivity index (χ4v) is 4.07. The highest BCUT2D eigenvalue weighted by atomic mass is 16.6. The summed E-state index contributed by atoms with van der Waals surface area (Å²) < 4.78 is 5.35. The van der Waals surface area contributed by atoms with Gasteiger partial charge in [0.2, 0.25) is 11.9 Å². The molecule has 1 aromatic rings. The lowest BCUT2D eigenvalue weighted by Crippen LogP contribution is -2.53. The summed E-state index contributed by atoms with van der Waals surface area (Å²) >= 11 is 0. The van der Waals surface area contributed by atoms with Crippen molar-refractivity contribution in [2.45, 2.75) is 71.2 Å². The van der Waals surface area contributed by atoms with Gasteiger partial charge in [-0.2, -0.15) is 0 Å². The van der Waals surface area contributed by atoms with Crippen molar-refractivity contribution in [1.82, 2.24) is 20.2 Å². The maximum atomic E-state index is 13.3. The molecular formula is C20H31N5O3. The zero-order valence-corrected chi connectivity index (χ0v) is 17.4. The number of anilines is 1. The number of rotatable bonds is 4. The number of fused-ring (bicyclic) bond motifs is 1. The second kappa shape index (κ2) is 7.93. The smallest absolute Gasteiger partial charge is 0.408 e. The molecule has 2 aliphatic rings. The van der Waals surface area contributed by atoms with Gasteiger partial charge in [-0.25, -0.2) is 14.8 Å². The van der Waals surface area contributed by atoms with Gasteiger partial charge in [-0.3, -0.25) is 4.79 Å². The van der Waals surface area contributed by atoms with E-state index in [-0.39, 0.29) is 23.9 Å². The van der Waals surface area contributed by atoms with Gasteiger partial charge in [0.05, 0.1) is 12.1 Å². The third kappa shape index (κ3) is 4.36. The molecule has 8 heteroatoms. The van der Waals surface area contributed by atoms with Crippen LogP contribution in [-0.4, -0.2) is 63.7 Å². The first-order valence-electron chi connectivity index (χ1n) is 10.0. The summed E-state index contributed by atoms with van der Waals surface area (Å²) in [6.45, 7) is 10.8. The van der Waals surface area contributed by atoms with Gasteiger partial charge in [-0.15, -0.1) is 0 Å². The third-order valence-electron chi connectivity index (χ3n) is 5.27. The van der Waals surface area contributed by atoms with E-state index < -0.39 is 17.7 Å². The monoisotopic (exact) mass is 389 g/mol. The average Bonchev–Trinajstić information content (AvgIpc) is 3.20. The largest absolute Gasteiger partial charge is 0.444 e. The molecule has 0 saturated carbocycles. The molecule has 2 fully saturated rings. The minimum atomic E-state index is -0.602. The number of amides is 2. The minimum absolute atomic E-state index is 0.0333. The Bertz CT molecular complexity index is 704. The molecule has 0 radical (unpaired) electrons. The number of hydrogen-bond donors (Lipinski definition) is 1. The third-order valence-corrected chi connectivity index (χ3v) is 5.27. The molecule has 1 aromatic heterocycles. The minimum Gasteiger partial charge on any atom is -0.444 e. The zero-order chi connectivity index (χ0) is 20.5. The van der Waals surface area contributed by atoms with Crippen LogP contribution in [0.5, 0.6) is 0 Å². The van der Waals surface area contributed by atoms with Crippen LogP contribution in [0.4, 0.5) is 10.7 Å². The number of likely N-dealkylation sites (tertiary alicyclic amines) is 1. The van der Waals surface area contributed by atoms with E-state index in [4.69, 9.17) is 4.74 Å². The standard InChI is InChI=1S/C20H31N5O3/c1-13(2)16(23-19(27)28-20(3,4)5)17(26)24-11-7-15-14(24)8-12-25(15)18-21-9-6-10-22-18/h6,9-10,13-16H,7-8,11-12H2,1-5H3,(H,23,27)/t14-,15-,16+/m1/s1. The molecule has 0 spiro atoms. The van der Waals surface area contributed by atoms with Crippen LogP contribution in [0.3, 0.4) is 0 Å². The van der Waals surface area contributed by atoms with Crippen LogP contribution in [0.25, 0.3) is 0 Å². The Labute approximate surface area is 166 Å². The lowest BCUT2D eigenvalue weighted by atomic mass is 10.0. The van der Waals surface area contributed by atoms with Crippen molar-refractivity contribution in [2.75, 3.05) is 18.0 Å². The Hall–Kier alpha value is -2.38. The summed E-state index contributed by atoms with van der Waals surface area (Å²) in [7, 11) is 0. The van der Waals surface area contributed by atoms with Crippen LogP contribution in [-0.2, 0) is 9.53 Å². The quantitative estimate of drug-likeness (QED) is 0.849. The summed E-state index contributed by atoms with van der Waals surface area (Å²) in [6, 6.07) is 1.55. The molecule has 0 aromatic carbocycles. The van der Waals surface area contributed by atoms with E-state index in [1.54, 1.807) is 18.5 Å². The van der Waals surface area contributed by atoms with Gasteiger partial charge in [0.25, 0.3) is 0 Å². The summed E-state index contributed by atoms with van der Waals surface area (Å²) in [4.78, 5) is 38.4. The number of carbonyl (C=O) groups is 2. The lowest BCUT2D eigenvalue weighted by Gasteiger charge is -2.31. The van der Waals surface area contributed by atoms with Gasteiger partial charge in [0, 0.05) is 25.5 Å². The molecule has 0 bridgehead atoms. The second-order valence-electron chi connectivity index (χ2n) is 8.85. The number of hydrogen-bond acceptors (Lipinski definition) is 6. The molecule has 1 N–H and O–H groups in total. The Morgan fingerprint density at radius 2 is 1.79 bits per heavy atom. The summed E-state index contributed by atoms with van der Waals surface area (Å²) in [6.07, 6.45) is 4.69. The van der Waals surface area contributed by atoms with E-state index >= 15 is 0 Å². The molecular weight excluding hydrogens is 358 g/mol. The Kier molecular flexibility index (Phi) is 5.76. The lowest BCUT2D eigenvalue weighted by molar-refractivity contribution is -0.135. The predicted octanol–water partition coefficient (Wildman–Crippen LogP) is 2.21. The molecule has 154 valence electrons.